The lowest BCUT2D eigenvalue weighted by molar-refractivity contribution is 0.0248. The average molecular weight is 284 g/mol. The molecule has 3 rings (SSSR count). The fraction of sp³-hybridized carbons (Fsp3) is 0.500. The third-order valence-electron chi connectivity index (χ3n) is 3.16. The molecule has 1 aromatic carbocycles. The van der Waals surface area contributed by atoms with E-state index in [0.717, 1.165) is 36.3 Å². The van der Waals surface area contributed by atoms with Gasteiger partial charge in [0.25, 0.3) is 0 Å². The van der Waals surface area contributed by atoms with Crippen LogP contribution in [-0.2, 0) is 4.74 Å². The zero-order valence-corrected chi connectivity index (χ0v) is 11.4. The molecule has 2 aromatic rings. The molecule has 1 unspecified atom stereocenters. The van der Waals surface area contributed by atoms with Crippen LogP contribution < -0.4 is 5.32 Å². The number of fused-ring (bicyclic) bond motifs is 1. The summed E-state index contributed by atoms with van der Waals surface area (Å²) in [6.45, 7) is 1.64. The Kier molecular flexibility index (Phi) is 3.63. The number of ether oxygens (including phenoxy) is 1. The van der Waals surface area contributed by atoms with Gasteiger partial charge in [-0.2, -0.15) is 8.75 Å². The number of halogens is 1. The van der Waals surface area contributed by atoms with Crippen LogP contribution in [0, 0.1) is 0 Å². The van der Waals surface area contributed by atoms with Gasteiger partial charge in [-0.3, -0.25) is 0 Å². The highest BCUT2D eigenvalue weighted by atomic mass is 35.5. The van der Waals surface area contributed by atoms with E-state index >= 15 is 0 Å². The van der Waals surface area contributed by atoms with Gasteiger partial charge < -0.3 is 10.1 Å². The van der Waals surface area contributed by atoms with Gasteiger partial charge in [0.05, 0.1) is 28.5 Å². The first-order chi connectivity index (χ1) is 8.84. The van der Waals surface area contributed by atoms with E-state index in [4.69, 9.17) is 16.3 Å². The van der Waals surface area contributed by atoms with E-state index in [1.807, 2.05) is 12.1 Å². The summed E-state index contributed by atoms with van der Waals surface area (Å²) in [5, 5.41) is 4.05. The van der Waals surface area contributed by atoms with Crippen molar-refractivity contribution in [1.82, 2.24) is 8.75 Å². The van der Waals surface area contributed by atoms with Gasteiger partial charge >= 0.3 is 0 Å². The lowest BCUT2D eigenvalue weighted by Crippen LogP contribution is -2.27. The number of nitrogens with zero attached hydrogens (tertiary/aromatic N) is 2. The van der Waals surface area contributed by atoms with Gasteiger partial charge in [0.2, 0.25) is 0 Å². The van der Waals surface area contributed by atoms with E-state index in [-0.39, 0.29) is 6.10 Å². The monoisotopic (exact) mass is 283 g/mol. The molecule has 1 fully saturated rings. The summed E-state index contributed by atoms with van der Waals surface area (Å²) in [5.41, 5.74) is 2.61. The Balaban J connectivity index is 1.76. The summed E-state index contributed by atoms with van der Waals surface area (Å²) in [7, 11) is 0. The van der Waals surface area contributed by atoms with Crippen molar-refractivity contribution in [3.8, 4) is 0 Å². The molecule has 1 saturated heterocycles. The van der Waals surface area contributed by atoms with Crippen LogP contribution in [0.5, 0.6) is 0 Å². The zero-order valence-electron chi connectivity index (χ0n) is 9.86. The Bertz CT molecular complexity index is 539. The maximum absolute atomic E-state index is 6.21. The second kappa shape index (κ2) is 5.38. The van der Waals surface area contributed by atoms with Crippen LogP contribution in [0.3, 0.4) is 0 Å². The van der Waals surface area contributed by atoms with Crippen molar-refractivity contribution in [3.05, 3.63) is 17.2 Å². The number of anilines is 1. The summed E-state index contributed by atoms with van der Waals surface area (Å²) >= 11 is 7.42. The minimum Gasteiger partial charge on any atom is -0.379 e. The molecule has 96 valence electrons. The lowest BCUT2D eigenvalue weighted by Gasteiger charge is -2.23. The first-order valence-electron chi connectivity index (χ1n) is 6.11. The average Bonchev–Trinajstić information content (AvgIpc) is 2.87. The number of aromatic nitrogens is 2. The molecule has 4 nitrogen and oxygen atoms in total. The number of rotatable bonds is 3. The fourth-order valence-corrected chi connectivity index (χ4v) is 2.94. The molecule has 0 bridgehead atoms. The van der Waals surface area contributed by atoms with Crippen molar-refractivity contribution in [2.24, 2.45) is 0 Å². The van der Waals surface area contributed by atoms with Gasteiger partial charge in [-0.15, -0.1) is 0 Å². The molecule has 0 amide bonds. The maximum atomic E-state index is 6.21. The molecule has 0 aliphatic carbocycles. The Labute approximate surface area is 115 Å². The molecule has 0 radical (unpaired) electrons. The van der Waals surface area contributed by atoms with Crippen molar-refractivity contribution in [3.63, 3.8) is 0 Å². The molecule has 1 aromatic heterocycles. The van der Waals surface area contributed by atoms with Crippen LogP contribution >= 0.6 is 23.3 Å². The second-order valence-corrected chi connectivity index (χ2v) is 5.36. The van der Waals surface area contributed by atoms with Crippen LogP contribution in [0.25, 0.3) is 11.0 Å². The predicted molar refractivity (Wildman–Crippen MR) is 74.5 cm³/mol. The number of hydrogen-bond donors (Lipinski definition) is 1. The van der Waals surface area contributed by atoms with Gasteiger partial charge in [-0.1, -0.05) is 11.6 Å². The van der Waals surface area contributed by atoms with Gasteiger partial charge in [0.15, 0.2) is 0 Å². The molecule has 0 spiro atoms. The highest BCUT2D eigenvalue weighted by Gasteiger charge is 2.15. The predicted octanol–water partition coefficient (Wildman–Crippen LogP) is 3.33. The molecule has 6 heteroatoms. The largest absolute Gasteiger partial charge is 0.379 e. The quantitative estimate of drug-likeness (QED) is 0.939. The Morgan fingerprint density at radius 2 is 2.33 bits per heavy atom. The molecule has 1 aliphatic heterocycles. The normalized spacial score (nSPS) is 20.2. The third-order valence-corrected chi connectivity index (χ3v) is 4.02. The van der Waals surface area contributed by atoms with Crippen LogP contribution in [-0.4, -0.2) is 28.0 Å². The lowest BCUT2D eigenvalue weighted by atomic mass is 10.1. The van der Waals surface area contributed by atoms with E-state index in [2.05, 4.69) is 14.1 Å². The van der Waals surface area contributed by atoms with Crippen LogP contribution in [0.15, 0.2) is 12.1 Å². The van der Waals surface area contributed by atoms with E-state index in [1.54, 1.807) is 0 Å². The Hall–Kier alpha value is -0.910. The van der Waals surface area contributed by atoms with Crippen molar-refractivity contribution in [2.45, 2.75) is 25.4 Å². The van der Waals surface area contributed by atoms with Crippen LogP contribution in [0.1, 0.15) is 19.3 Å². The van der Waals surface area contributed by atoms with Crippen molar-refractivity contribution < 1.29 is 4.74 Å². The molecule has 2 heterocycles. The molecule has 1 aliphatic rings. The standard InChI is InChI=1S/C12H14ClN3OS/c13-9-4-5-10-12(16-18-15-10)11(9)14-7-8-3-1-2-6-17-8/h4-5,8,14H,1-3,6-7H2. The number of benzene rings is 1. The third kappa shape index (κ3) is 2.43. The van der Waals surface area contributed by atoms with Gasteiger partial charge in [-0.05, 0) is 31.4 Å². The highest BCUT2D eigenvalue weighted by Crippen LogP contribution is 2.30. The number of hydrogen-bond acceptors (Lipinski definition) is 5. The molecular formula is C12H14ClN3OS. The first kappa shape index (κ1) is 12.1. The zero-order chi connectivity index (χ0) is 12.4. The van der Waals surface area contributed by atoms with E-state index < -0.39 is 0 Å². The number of nitrogens with one attached hydrogen (secondary N) is 1. The molecule has 18 heavy (non-hydrogen) atoms. The molecule has 1 N–H and O–H groups in total. The topological polar surface area (TPSA) is 47.0 Å². The minimum absolute atomic E-state index is 0.275. The molecule has 0 saturated carbocycles. The van der Waals surface area contributed by atoms with Gasteiger partial charge in [0.1, 0.15) is 11.0 Å². The maximum Gasteiger partial charge on any atom is 0.129 e. The van der Waals surface area contributed by atoms with Gasteiger partial charge in [-0.25, -0.2) is 0 Å². The molecular weight excluding hydrogens is 270 g/mol. The van der Waals surface area contributed by atoms with Crippen molar-refractivity contribution in [2.75, 3.05) is 18.5 Å². The minimum atomic E-state index is 0.275. The Morgan fingerprint density at radius 3 is 3.17 bits per heavy atom. The summed E-state index contributed by atoms with van der Waals surface area (Å²) in [6.07, 6.45) is 3.79. The smallest absolute Gasteiger partial charge is 0.129 e. The summed E-state index contributed by atoms with van der Waals surface area (Å²) in [6, 6.07) is 3.75. The highest BCUT2D eigenvalue weighted by molar-refractivity contribution is 7.00. The second-order valence-electron chi connectivity index (χ2n) is 4.42. The van der Waals surface area contributed by atoms with Crippen LogP contribution in [0.2, 0.25) is 5.02 Å². The van der Waals surface area contributed by atoms with E-state index in [9.17, 15) is 0 Å². The van der Waals surface area contributed by atoms with E-state index in [1.165, 1.54) is 24.6 Å². The first-order valence-corrected chi connectivity index (χ1v) is 7.21. The Morgan fingerprint density at radius 1 is 1.39 bits per heavy atom. The summed E-state index contributed by atoms with van der Waals surface area (Å²) in [4.78, 5) is 0. The fourth-order valence-electron chi connectivity index (χ4n) is 2.18. The summed E-state index contributed by atoms with van der Waals surface area (Å²) < 4.78 is 14.2. The van der Waals surface area contributed by atoms with Crippen LogP contribution in [0.4, 0.5) is 5.69 Å². The van der Waals surface area contributed by atoms with Crippen molar-refractivity contribution >= 4 is 40.0 Å². The van der Waals surface area contributed by atoms with Gasteiger partial charge in [0, 0.05) is 13.2 Å². The SMILES string of the molecule is Clc1ccc2nsnc2c1NCC1CCCCO1. The summed E-state index contributed by atoms with van der Waals surface area (Å²) in [5.74, 6) is 0. The van der Waals surface area contributed by atoms with E-state index in [0.29, 0.717) is 5.02 Å². The molecule has 1 atom stereocenters. The van der Waals surface area contributed by atoms with Crippen molar-refractivity contribution in [1.29, 1.82) is 0 Å².